The molecule has 68 heavy (non-hydrogen) atoms. The van der Waals surface area contributed by atoms with Crippen LogP contribution in [0.5, 0.6) is 0 Å². The molecule has 0 aliphatic carbocycles. The summed E-state index contributed by atoms with van der Waals surface area (Å²) in [6.45, 7) is 0. The zero-order valence-electron chi connectivity index (χ0n) is 36.7. The Morgan fingerprint density at radius 1 is 0.309 bits per heavy atom. The van der Waals surface area contributed by atoms with Gasteiger partial charge in [0.15, 0.2) is 11.6 Å². The molecule has 8 aromatic carbocycles. The molecule has 12 aromatic rings. The first-order valence-corrected chi connectivity index (χ1v) is 22.5. The van der Waals surface area contributed by atoms with Gasteiger partial charge in [-0.15, -0.1) is 0 Å². The van der Waals surface area contributed by atoms with Crippen LogP contribution in [-0.2, 0) is 0 Å². The van der Waals surface area contributed by atoms with Gasteiger partial charge in [0.05, 0.1) is 22.4 Å². The van der Waals surface area contributed by atoms with Gasteiger partial charge < -0.3 is 0 Å². The van der Waals surface area contributed by atoms with Gasteiger partial charge in [0.1, 0.15) is 11.6 Å². The largest absolute Gasteiger partial charge is 0.295 e. The van der Waals surface area contributed by atoms with Crippen LogP contribution in [0, 0.1) is 0 Å². The van der Waals surface area contributed by atoms with E-state index in [1.165, 1.54) is 0 Å². The molecule has 4 aromatic heterocycles. The summed E-state index contributed by atoms with van der Waals surface area (Å²) in [7, 11) is 0. The van der Waals surface area contributed by atoms with Crippen molar-refractivity contribution in [1.29, 1.82) is 0 Å². The summed E-state index contributed by atoms with van der Waals surface area (Å²) in [5.74, 6) is 2.64. The summed E-state index contributed by atoms with van der Waals surface area (Å²) in [4.78, 5) is 35.9. The lowest BCUT2D eigenvalue weighted by atomic mass is 9.98. The minimum atomic E-state index is 0.582. The predicted molar refractivity (Wildman–Crippen MR) is 277 cm³/mol. The lowest BCUT2D eigenvalue weighted by Gasteiger charge is -2.25. The number of anilines is 6. The molecule has 0 N–H and O–H groups in total. The van der Waals surface area contributed by atoms with Gasteiger partial charge in [-0.3, -0.25) is 19.8 Å². The van der Waals surface area contributed by atoms with Gasteiger partial charge in [-0.25, -0.2) is 19.9 Å². The molecule has 0 radical (unpaired) electrons. The Kier molecular flexibility index (Phi) is 10.3. The molecule has 320 valence electrons. The van der Waals surface area contributed by atoms with Crippen molar-refractivity contribution in [3.8, 4) is 45.3 Å². The quantitative estimate of drug-likeness (QED) is 0.126. The second-order valence-corrected chi connectivity index (χ2v) is 16.4. The number of nitrogens with zero attached hydrogens (tertiary/aromatic N) is 8. The van der Waals surface area contributed by atoms with Gasteiger partial charge in [0.25, 0.3) is 0 Å². The van der Waals surface area contributed by atoms with Crippen LogP contribution in [0.25, 0.3) is 77.9 Å². The number of hydrogen-bond donors (Lipinski definition) is 0. The number of fused-ring (bicyclic) bond motifs is 5. The predicted octanol–water partition coefficient (Wildman–Crippen LogP) is 15.1. The molecule has 0 saturated heterocycles. The Hall–Kier alpha value is -9.40. The molecule has 12 rings (SSSR count). The molecule has 0 bridgehead atoms. The summed E-state index contributed by atoms with van der Waals surface area (Å²) >= 11 is 0. The molecule has 0 amide bonds. The van der Waals surface area contributed by atoms with Crippen molar-refractivity contribution in [2.24, 2.45) is 0 Å². The highest BCUT2D eigenvalue weighted by Crippen LogP contribution is 2.41. The van der Waals surface area contributed by atoms with Crippen molar-refractivity contribution in [3.63, 3.8) is 0 Å². The van der Waals surface area contributed by atoms with Crippen LogP contribution in [0.2, 0.25) is 0 Å². The minimum Gasteiger partial charge on any atom is -0.295 e. The van der Waals surface area contributed by atoms with E-state index >= 15 is 0 Å². The maximum Gasteiger partial charge on any atom is 0.162 e. The van der Waals surface area contributed by atoms with Crippen molar-refractivity contribution in [2.45, 2.75) is 0 Å². The fourth-order valence-corrected chi connectivity index (χ4v) is 9.01. The normalized spacial score (nSPS) is 11.2. The van der Waals surface area contributed by atoms with Crippen molar-refractivity contribution >= 4 is 67.0 Å². The maximum absolute atomic E-state index is 5.38. The van der Waals surface area contributed by atoms with E-state index in [9.17, 15) is 0 Å². The summed E-state index contributed by atoms with van der Waals surface area (Å²) in [5, 5.41) is 3.76. The van der Waals surface area contributed by atoms with E-state index in [-0.39, 0.29) is 0 Å². The monoisotopic (exact) mass is 872 g/mol. The SMILES string of the molecule is c1ccc(-c2cc(N(c3ccccc3)c3ccccc3)nc(-c3ccnc4c3ccc3ccc5c(-c6nc(-c7ccccc7)cc(N(c7ccccc7)c7ccccc7)n6)ccnc5c34)n2)cc1. The molecule has 0 saturated carbocycles. The Balaban J connectivity index is 1.06. The number of benzene rings is 8. The van der Waals surface area contributed by atoms with Gasteiger partial charge in [-0.1, -0.05) is 158 Å². The average molecular weight is 873 g/mol. The molecule has 0 aliphatic rings. The first-order chi connectivity index (χ1) is 33.7. The van der Waals surface area contributed by atoms with E-state index in [0.29, 0.717) is 11.6 Å². The molecule has 0 fully saturated rings. The highest BCUT2D eigenvalue weighted by molar-refractivity contribution is 6.21. The molecular weight excluding hydrogens is 833 g/mol. The van der Waals surface area contributed by atoms with Crippen LogP contribution >= 0.6 is 0 Å². The van der Waals surface area contributed by atoms with Crippen LogP contribution in [0.3, 0.4) is 0 Å². The lowest BCUT2D eigenvalue weighted by Crippen LogP contribution is -2.13. The zero-order chi connectivity index (χ0) is 45.2. The standard InChI is InChI=1S/C60H40N8/c1-7-19-41(20-8-1)52-39-54(67(44-23-11-3-12-24-44)45-25-13-4-14-26-45)65-59(63-52)50-35-37-61-57-48(50)33-31-43-32-34-49-51(36-38-62-58(49)56(43)57)60-64-53(42-21-9-2-10-22-42)40-55(66-60)68(46-27-15-5-16-28-46)47-29-17-6-18-30-47/h1-40H. The third kappa shape index (κ3) is 7.51. The molecule has 0 spiro atoms. The fourth-order valence-electron chi connectivity index (χ4n) is 9.01. The Morgan fingerprint density at radius 3 is 1.00 bits per heavy atom. The van der Waals surface area contributed by atoms with Crippen LogP contribution in [0.1, 0.15) is 0 Å². The molecular formula is C60H40N8. The van der Waals surface area contributed by atoms with E-state index in [1.807, 2.05) is 134 Å². The summed E-state index contributed by atoms with van der Waals surface area (Å²) in [5.41, 5.74) is 10.8. The van der Waals surface area contributed by atoms with Crippen LogP contribution in [-0.4, -0.2) is 29.9 Å². The Labute approximate surface area is 393 Å². The number of rotatable bonds is 10. The summed E-state index contributed by atoms with van der Waals surface area (Å²) < 4.78 is 0. The third-order valence-corrected chi connectivity index (χ3v) is 12.2. The maximum atomic E-state index is 5.38. The molecule has 0 aliphatic heterocycles. The topological polar surface area (TPSA) is 83.8 Å². The van der Waals surface area contributed by atoms with Crippen molar-refractivity contribution < 1.29 is 0 Å². The number of aromatic nitrogens is 6. The van der Waals surface area contributed by atoms with Crippen LogP contribution < -0.4 is 9.80 Å². The van der Waals surface area contributed by atoms with Gasteiger partial charge in [-0.2, -0.15) is 0 Å². The van der Waals surface area contributed by atoms with Crippen molar-refractivity contribution in [2.75, 3.05) is 9.80 Å². The molecule has 0 atom stereocenters. The van der Waals surface area contributed by atoms with E-state index in [4.69, 9.17) is 29.9 Å². The molecule has 0 unspecified atom stereocenters. The lowest BCUT2D eigenvalue weighted by molar-refractivity contribution is 1.12. The highest BCUT2D eigenvalue weighted by atomic mass is 15.2. The first-order valence-electron chi connectivity index (χ1n) is 22.5. The van der Waals surface area contributed by atoms with Gasteiger partial charge >= 0.3 is 0 Å². The smallest absolute Gasteiger partial charge is 0.162 e. The Morgan fingerprint density at radius 2 is 0.647 bits per heavy atom. The van der Waals surface area contributed by atoms with E-state index < -0.39 is 0 Å². The van der Waals surface area contributed by atoms with Gasteiger partial charge in [0.2, 0.25) is 0 Å². The second-order valence-electron chi connectivity index (χ2n) is 16.4. The fraction of sp³-hybridized carbons (Fsp3) is 0. The number of pyridine rings is 2. The van der Waals surface area contributed by atoms with Crippen molar-refractivity contribution in [1.82, 2.24) is 29.9 Å². The summed E-state index contributed by atoms with van der Waals surface area (Å²) in [6.07, 6.45) is 3.70. The van der Waals surface area contributed by atoms with E-state index in [2.05, 4.69) is 119 Å². The van der Waals surface area contributed by atoms with Gasteiger partial charge in [0, 0.05) is 85.7 Å². The second kappa shape index (κ2) is 17.5. The summed E-state index contributed by atoms with van der Waals surface area (Å²) in [6, 6.07) is 78.5. The van der Waals surface area contributed by atoms with E-state index in [0.717, 1.165) is 101 Å². The Bertz CT molecular complexity index is 3400. The number of hydrogen-bond acceptors (Lipinski definition) is 8. The number of para-hydroxylation sites is 4. The van der Waals surface area contributed by atoms with Gasteiger partial charge in [-0.05, 0) is 66.0 Å². The molecule has 8 heteroatoms. The highest BCUT2D eigenvalue weighted by Gasteiger charge is 2.22. The zero-order valence-corrected chi connectivity index (χ0v) is 36.7. The molecule has 4 heterocycles. The average Bonchev–Trinajstić information content (AvgIpc) is 3.42. The van der Waals surface area contributed by atoms with Crippen LogP contribution in [0.4, 0.5) is 34.4 Å². The third-order valence-electron chi connectivity index (χ3n) is 12.2. The van der Waals surface area contributed by atoms with Crippen LogP contribution in [0.15, 0.2) is 243 Å². The van der Waals surface area contributed by atoms with Crippen molar-refractivity contribution in [3.05, 3.63) is 243 Å². The first kappa shape index (κ1) is 40.1. The minimum absolute atomic E-state index is 0.582. The van der Waals surface area contributed by atoms with E-state index in [1.54, 1.807) is 0 Å². The molecule has 8 nitrogen and oxygen atoms in total.